The summed E-state index contributed by atoms with van der Waals surface area (Å²) in [5.41, 5.74) is 0. The summed E-state index contributed by atoms with van der Waals surface area (Å²) in [5, 5.41) is 0. The first-order valence-corrected chi connectivity index (χ1v) is 3.23. The third-order valence-corrected chi connectivity index (χ3v) is 1.09. The third kappa shape index (κ3) is 2.53. The summed E-state index contributed by atoms with van der Waals surface area (Å²) >= 11 is 0. The van der Waals surface area contributed by atoms with E-state index in [1.807, 2.05) is 6.92 Å². The maximum atomic E-state index is 10.8. The van der Waals surface area contributed by atoms with Crippen LogP contribution in [0.15, 0.2) is 12.8 Å². The van der Waals surface area contributed by atoms with Gasteiger partial charge < -0.3 is 4.74 Å². The average Bonchev–Trinajstić information content (AvgIpc) is 1.99. The van der Waals surface area contributed by atoms with Gasteiger partial charge in [0.1, 0.15) is 0 Å². The van der Waals surface area contributed by atoms with Crippen molar-refractivity contribution in [1.29, 1.82) is 0 Å². The van der Waals surface area contributed by atoms with E-state index in [0.717, 1.165) is 6.42 Å². The minimum absolute atomic E-state index is 0.350. The van der Waals surface area contributed by atoms with Gasteiger partial charge in [-0.25, -0.2) is 4.79 Å². The van der Waals surface area contributed by atoms with Crippen LogP contribution in [-0.2, 0) is 4.74 Å². The fraction of sp³-hybridized carbons (Fsp3) is 0.571. The summed E-state index contributed by atoms with van der Waals surface area (Å²) in [7, 11) is 1.36. The summed E-state index contributed by atoms with van der Waals surface area (Å²) in [6.45, 7) is 6.12. The molecule has 0 fully saturated rings. The van der Waals surface area contributed by atoms with Crippen LogP contribution in [0.3, 0.4) is 0 Å². The SMILES string of the molecule is C=CN(CCC)C(=O)OC. The van der Waals surface area contributed by atoms with Crippen LogP contribution < -0.4 is 0 Å². The second kappa shape index (κ2) is 4.85. The molecule has 0 unspecified atom stereocenters. The smallest absolute Gasteiger partial charge is 0.413 e. The van der Waals surface area contributed by atoms with Gasteiger partial charge in [-0.05, 0) is 6.42 Å². The van der Waals surface area contributed by atoms with Crippen LogP contribution in [0, 0.1) is 0 Å². The lowest BCUT2D eigenvalue weighted by atomic mass is 10.4. The van der Waals surface area contributed by atoms with E-state index in [0.29, 0.717) is 6.54 Å². The lowest BCUT2D eigenvalue weighted by molar-refractivity contribution is 0.140. The van der Waals surface area contributed by atoms with Gasteiger partial charge in [0, 0.05) is 12.7 Å². The number of methoxy groups -OCH3 is 1. The molecule has 0 saturated heterocycles. The van der Waals surface area contributed by atoms with Gasteiger partial charge in [-0.1, -0.05) is 13.5 Å². The molecule has 0 aliphatic rings. The molecule has 3 heteroatoms. The number of carbonyl (C=O) groups is 1. The quantitative estimate of drug-likeness (QED) is 0.600. The number of nitrogens with zero attached hydrogens (tertiary/aromatic N) is 1. The number of rotatable bonds is 3. The molecule has 0 saturated carbocycles. The zero-order valence-corrected chi connectivity index (χ0v) is 6.46. The Bertz CT molecular complexity index is 123. The molecule has 1 amide bonds. The Morgan fingerprint density at radius 2 is 2.40 bits per heavy atom. The van der Waals surface area contributed by atoms with Crippen molar-refractivity contribution in [3.63, 3.8) is 0 Å². The van der Waals surface area contributed by atoms with E-state index in [4.69, 9.17) is 0 Å². The second-order valence-corrected chi connectivity index (χ2v) is 1.85. The van der Waals surface area contributed by atoms with E-state index in [2.05, 4.69) is 11.3 Å². The number of hydrogen-bond acceptors (Lipinski definition) is 2. The van der Waals surface area contributed by atoms with Crippen LogP contribution in [-0.4, -0.2) is 24.6 Å². The minimum Gasteiger partial charge on any atom is -0.452 e. The van der Waals surface area contributed by atoms with E-state index >= 15 is 0 Å². The van der Waals surface area contributed by atoms with E-state index in [-0.39, 0.29) is 6.09 Å². The number of carbonyl (C=O) groups excluding carboxylic acids is 1. The first-order valence-electron chi connectivity index (χ1n) is 3.23. The Hall–Kier alpha value is -0.990. The first kappa shape index (κ1) is 9.01. The van der Waals surface area contributed by atoms with Gasteiger partial charge >= 0.3 is 6.09 Å². The number of hydrogen-bond donors (Lipinski definition) is 0. The number of amides is 1. The normalized spacial score (nSPS) is 8.60. The molecular formula is C7H13NO2. The van der Waals surface area contributed by atoms with Gasteiger partial charge in [0.2, 0.25) is 0 Å². The molecule has 0 aromatic heterocycles. The van der Waals surface area contributed by atoms with E-state index in [9.17, 15) is 4.79 Å². The maximum absolute atomic E-state index is 10.8. The molecule has 0 N–H and O–H groups in total. The van der Waals surface area contributed by atoms with Crippen LogP contribution in [0.25, 0.3) is 0 Å². The molecule has 3 nitrogen and oxygen atoms in total. The highest BCUT2D eigenvalue weighted by atomic mass is 16.5. The molecule has 0 bridgehead atoms. The predicted octanol–water partition coefficient (Wildman–Crippen LogP) is 1.61. The predicted molar refractivity (Wildman–Crippen MR) is 39.6 cm³/mol. The summed E-state index contributed by atoms with van der Waals surface area (Å²) in [6, 6.07) is 0. The molecule has 0 atom stereocenters. The monoisotopic (exact) mass is 143 g/mol. The molecule has 10 heavy (non-hydrogen) atoms. The molecule has 0 spiro atoms. The highest BCUT2D eigenvalue weighted by Crippen LogP contribution is 1.94. The van der Waals surface area contributed by atoms with Crippen molar-refractivity contribution < 1.29 is 9.53 Å². The Labute approximate surface area is 61.3 Å². The Balaban J connectivity index is 3.80. The molecule has 0 aromatic rings. The Morgan fingerprint density at radius 3 is 2.70 bits per heavy atom. The second-order valence-electron chi connectivity index (χ2n) is 1.85. The van der Waals surface area contributed by atoms with Crippen LogP contribution in [0.4, 0.5) is 4.79 Å². The van der Waals surface area contributed by atoms with E-state index in [1.165, 1.54) is 18.2 Å². The summed E-state index contributed by atoms with van der Waals surface area (Å²) in [5.74, 6) is 0. The molecule has 58 valence electrons. The van der Waals surface area contributed by atoms with Gasteiger partial charge in [0.25, 0.3) is 0 Å². The van der Waals surface area contributed by atoms with Crippen LogP contribution in [0.1, 0.15) is 13.3 Å². The van der Waals surface area contributed by atoms with E-state index in [1.54, 1.807) is 0 Å². The van der Waals surface area contributed by atoms with Crippen molar-refractivity contribution in [3.8, 4) is 0 Å². The van der Waals surface area contributed by atoms with Crippen molar-refractivity contribution >= 4 is 6.09 Å². The fourth-order valence-electron chi connectivity index (χ4n) is 0.615. The fourth-order valence-corrected chi connectivity index (χ4v) is 0.615. The summed E-state index contributed by atoms with van der Waals surface area (Å²) in [4.78, 5) is 12.2. The molecule has 0 aliphatic heterocycles. The minimum atomic E-state index is -0.350. The lowest BCUT2D eigenvalue weighted by Crippen LogP contribution is -2.25. The lowest BCUT2D eigenvalue weighted by Gasteiger charge is -2.14. The van der Waals surface area contributed by atoms with Crippen molar-refractivity contribution in [2.45, 2.75) is 13.3 Å². The van der Waals surface area contributed by atoms with E-state index < -0.39 is 0 Å². The van der Waals surface area contributed by atoms with Crippen LogP contribution in [0.5, 0.6) is 0 Å². The third-order valence-electron chi connectivity index (χ3n) is 1.09. The molecule has 0 aromatic carbocycles. The molecule has 0 aliphatic carbocycles. The molecule has 0 rings (SSSR count). The maximum Gasteiger partial charge on any atom is 0.413 e. The van der Waals surface area contributed by atoms with Crippen LogP contribution in [0.2, 0.25) is 0 Å². The summed E-state index contributed by atoms with van der Waals surface area (Å²) < 4.78 is 4.47. The highest BCUT2D eigenvalue weighted by Gasteiger charge is 2.06. The molecular weight excluding hydrogens is 130 g/mol. The van der Waals surface area contributed by atoms with Crippen molar-refractivity contribution in [3.05, 3.63) is 12.8 Å². The topological polar surface area (TPSA) is 29.5 Å². The van der Waals surface area contributed by atoms with Gasteiger partial charge in [0.15, 0.2) is 0 Å². The van der Waals surface area contributed by atoms with Gasteiger partial charge in [-0.2, -0.15) is 0 Å². The average molecular weight is 143 g/mol. The Kier molecular flexibility index (Phi) is 4.37. The highest BCUT2D eigenvalue weighted by molar-refractivity contribution is 5.68. The molecule has 0 radical (unpaired) electrons. The first-order chi connectivity index (χ1) is 4.76. The van der Waals surface area contributed by atoms with Crippen LogP contribution >= 0.6 is 0 Å². The van der Waals surface area contributed by atoms with Crippen molar-refractivity contribution in [1.82, 2.24) is 4.90 Å². The largest absolute Gasteiger partial charge is 0.452 e. The van der Waals surface area contributed by atoms with Crippen molar-refractivity contribution in [2.24, 2.45) is 0 Å². The zero-order chi connectivity index (χ0) is 7.98. The van der Waals surface area contributed by atoms with Gasteiger partial charge in [-0.3, -0.25) is 4.90 Å². The number of ether oxygens (including phenoxy) is 1. The standard InChI is InChI=1S/C7H13NO2/c1-4-6-8(5-2)7(9)10-3/h5H,2,4,6H2,1,3H3. The van der Waals surface area contributed by atoms with Crippen molar-refractivity contribution in [2.75, 3.05) is 13.7 Å². The zero-order valence-electron chi connectivity index (χ0n) is 6.46. The Morgan fingerprint density at radius 1 is 1.80 bits per heavy atom. The molecule has 0 heterocycles. The van der Waals surface area contributed by atoms with Gasteiger partial charge in [-0.15, -0.1) is 0 Å². The summed E-state index contributed by atoms with van der Waals surface area (Å²) in [6.07, 6.45) is 2.02. The van der Waals surface area contributed by atoms with Gasteiger partial charge in [0.05, 0.1) is 7.11 Å².